The number of aliphatic hydroxyl groups excluding tert-OH is 4. The highest BCUT2D eigenvalue weighted by Crippen LogP contribution is 2.56. The molecule has 2 aliphatic carbocycles. The Morgan fingerprint density at radius 1 is 1.16 bits per heavy atom. The molecule has 0 radical (unpaired) electrons. The van der Waals surface area contributed by atoms with Gasteiger partial charge in [-0.3, -0.25) is 4.79 Å². The summed E-state index contributed by atoms with van der Waals surface area (Å²) in [5.41, 5.74) is 0.107. The van der Waals surface area contributed by atoms with Crippen LogP contribution in [-0.4, -0.2) is 90.0 Å². The number of carbonyl (C=O) groups is 2. The Morgan fingerprint density at radius 2 is 1.88 bits per heavy atom. The Kier molecular flexibility index (Phi) is 7.95. The van der Waals surface area contributed by atoms with Crippen molar-refractivity contribution >= 4 is 11.9 Å². The first-order valence-electron chi connectivity index (χ1n) is 11.0. The Labute approximate surface area is 187 Å². The van der Waals surface area contributed by atoms with Crippen LogP contribution in [0, 0.1) is 17.3 Å². The zero-order valence-corrected chi connectivity index (χ0v) is 18.7. The second kappa shape index (κ2) is 10.1. The summed E-state index contributed by atoms with van der Waals surface area (Å²) >= 11 is 0. The minimum Gasteiger partial charge on any atom is -0.469 e. The number of ether oxygens (including phenoxy) is 4. The van der Waals surface area contributed by atoms with Crippen LogP contribution < -0.4 is 0 Å². The second-order valence-electron chi connectivity index (χ2n) is 9.17. The third-order valence-electron chi connectivity index (χ3n) is 7.47. The van der Waals surface area contributed by atoms with Gasteiger partial charge in [-0.05, 0) is 42.9 Å². The van der Waals surface area contributed by atoms with E-state index in [1.54, 1.807) is 0 Å². The molecule has 0 aromatic heterocycles. The quantitative estimate of drug-likeness (QED) is 0.389. The summed E-state index contributed by atoms with van der Waals surface area (Å²) in [4.78, 5) is 24.2. The molecule has 10 nitrogen and oxygen atoms in total. The van der Waals surface area contributed by atoms with Gasteiger partial charge in [0, 0.05) is 12.0 Å². The first-order chi connectivity index (χ1) is 15.2. The van der Waals surface area contributed by atoms with Crippen molar-refractivity contribution in [2.24, 2.45) is 17.3 Å². The number of aliphatic hydroxyl groups is 4. The maximum Gasteiger partial charge on any atom is 0.333 e. The molecule has 0 spiro atoms. The highest BCUT2D eigenvalue weighted by atomic mass is 16.7. The molecule has 1 saturated carbocycles. The molecule has 0 aromatic rings. The van der Waals surface area contributed by atoms with Gasteiger partial charge in [0.1, 0.15) is 24.4 Å². The topological polar surface area (TPSA) is 152 Å². The summed E-state index contributed by atoms with van der Waals surface area (Å²) < 4.78 is 21.5. The molecular formula is C22H34O10. The fourth-order valence-corrected chi connectivity index (χ4v) is 5.46. The Bertz CT molecular complexity index is 722. The monoisotopic (exact) mass is 458 g/mol. The Hall–Kier alpha value is -1.56. The second-order valence-corrected chi connectivity index (χ2v) is 9.17. The average Bonchev–Trinajstić information content (AvgIpc) is 2.91. The summed E-state index contributed by atoms with van der Waals surface area (Å²) in [5.74, 6) is -0.814. The lowest BCUT2D eigenvalue weighted by Gasteiger charge is -2.43. The summed E-state index contributed by atoms with van der Waals surface area (Å²) in [7, 11) is 2.67. The highest BCUT2D eigenvalue weighted by Gasteiger charge is 2.55. The van der Waals surface area contributed by atoms with Crippen LogP contribution >= 0.6 is 0 Å². The molecule has 0 bridgehead atoms. The minimum atomic E-state index is -1.54. The van der Waals surface area contributed by atoms with E-state index in [-0.39, 0.29) is 30.2 Å². The summed E-state index contributed by atoms with van der Waals surface area (Å²) in [6.07, 6.45) is -3.17. The van der Waals surface area contributed by atoms with E-state index >= 15 is 0 Å². The van der Waals surface area contributed by atoms with Crippen LogP contribution in [-0.2, 0) is 28.5 Å². The van der Waals surface area contributed by atoms with Gasteiger partial charge in [0.05, 0.1) is 26.9 Å². The van der Waals surface area contributed by atoms with Crippen LogP contribution in [0.5, 0.6) is 0 Å². The molecule has 2 fully saturated rings. The normalized spacial score (nSPS) is 41.9. The third kappa shape index (κ3) is 4.71. The standard InChI is InChI=1S/C22H34O10/c1-22-7-6-11(20(28)30-3)4-5-13(22)12(9-16(24)29-2)8-15(22)32-21-19(27)18(26)17(25)14(10-23)31-21/h4,12-15,17-19,21,23,25-27H,5-10H2,1-3H3/t12-,13?,14-,15?,17-,18+,19-,21+,22-/m1/s1. The van der Waals surface area contributed by atoms with E-state index in [2.05, 4.69) is 0 Å². The number of hydrogen-bond acceptors (Lipinski definition) is 10. The minimum absolute atomic E-state index is 0.00126. The molecule has 10 heteroatoms. The van der Waals surface area contributed by atoms with Gasteiger partial charge < -0.3 is 39.4 Å². The lowest BCUT2D eigenvalue weighted by Crippen LogP contribution is -2.60. The fraction of sp³-hybridized carbons (Fsp3) is 0.818. The summed E-state index contributed by atoms with van der Waals surface area (Å²) in [5, 5.41) is 40.0. The molecule has 9 atom stereocenters. The highest BCUT2D eigenvalue weighted by molar-refractivity contribution is 5.88. The first kappa shape index (κ1) is 25.1. The molecule has 32 heavy (non-hydrogen) atoms. The summed E-state index contributed by atoms with van der Waals surface area (Å²) in [6, 6.07) is 0. The van der Waals surface area contributed by atoms with Crippen molar-refractivity contribution in [1.29, 1.82) is 0 Å². The van der Waals surface area contributed by atoms with E-state index in [4.69, 9.17) is 18.9 Å². The van der Waals surface area contributed by atoms with Gasteiger partial charge in [-0.15, -0.1) is 0 Å². The predicted octanol–water partition coefficient (Wildman–Crippen LogP) is -0.340. The number of methoxy groups -OCH3 is 2. The van der Waals surface area contributed by atoms with Gasteiger partial charge in [-0.25, -0.2) is 4.79 Å². The predicted molar refractivity (Wildman–Crippen MR) is 109 cm³/mol. The molecular weight excluding hydrogens is 424 g/mol. The largest absolute Gasteiger partial charge is 0.469 e. The first-order valence-corrected chi connectivity index (χ1v) is 11.0. The molecule has 3 aliphatic rings. The SMILES string of the molecule is COC(=O)C[C@H]1CC(O[C@@H]2O[C@H](CO)[C@@H](O)[C@H](O)[C@H]2O)[C@]2(C)CCC(C(=O)OC)=CCC12. The van der Waals surface area contributed by atoms with Crippen LogP contribution in [0.1, 0.15) is 39.0 Å². The number of esters is 2. The van der Waals surface area contributed by atoms with E-state index < -0.39 is 48.8 Å². The van der Waals surface area contributed by atoms with Crippen LogP contribution in [0.15, 0.2) is 11.6 Å². The van der Waals surface area contributed by atoms with E-state index in [1.807, 2.05) is 13.0 Å². The van der Waals surface area contributed by atoms with Crippen molar-refractivity contribution < 1.29 is 49.0 Å². The molecule has 1 aliphatic heterocycles. The molecule has 4 N–H and O–H groups in total. The fourth-order valence-electron chi connectivity index (χ4n) is 5.46. The van der Waals surface area contributed by atoms with Crippen molar-refractivity contribution in [2.75, 3.05) is 20.8 Å². The molecule has 2 unspecified atom stereocenters. The number of carbonyl (C=O) groups excluding carboxylic acids is 2. The molecule has 0 aromatic carbocycles. The van der Waals surface area contributed by atoms with Crippen LogP contribution in [0.4, 0.5) is 0 Å². The molecule has 3 rings (SSSR count). The number of rotatable bonds is 6. The van der Waals surface area contributed by atoms with Gasteiger partial charge in [-0.1, -0.05) is 13.0 Å². The summed E-state index contributed by atoms with van der Waals surface area (Å²) in [6.45, 7) is 1.48. The van der Waals surface area contributed by atoms with E-state index in [1.165, 1.54) is 14.2 Å². The van der Waals surface area contributed by atoms with Crippen LogP contribution in [0.25, 0.3) is 0 Å². The maximum absolute atomic E-state index is 12.1. The number of fused-ring (bicyclic) bond motifs is 1. The lowest BCUT2D eigenvalue weighted by atomic mass is 9.72. The third-order valence-corrected chi connectivity index (χ3v) is 7.47. The number of allylic oxidation sites excluding steroid dienone is 1. The average molecular weight is 459 g/mol. The van der Waals surface area contributed by atoms with Crippen molar-refractivity contribution in [3.8, 4) is 0 Å². The van der Waals surface area contributed by atoms with Crippen LogP contribution in [0.2, 0.25) is 0 Å². The lowest BCUT2D eigenvalue weighted by molar-refractivity contribution is -0.318. The molecule has 1 saturated heterocycles. The molecule has 0 amide bonds. The van der Waals surface area contributed by atoms with E-state index in [0.717, 1.165) is 0 Å². The zero-order chi connectivity index (χ0) is 23.6. The Balaban J connectivity index is 1.84. The molecule has 182 valence electrons. The smallest absolute Gasteiger partial charge is 0.333 e. The van der Waals surface area contributed by atoms with Crippen LogP contribution in [0.3, 0.4) is 0 Å². The maximum atomic E-state index is 12.1. The zero-order valence-electron chi connectivity index (χ0n) is 18.7. The van der Waals surface area contributed by atoms with Crippen molar-refractivity contribution in [1.82, 2.24) is 0 Å². The van der Waals surface area contributed by atoms with E-state index in [9.17, 15) is 30.0 Å². The van der Waals surface area contributed by atoms with Gasteiger partial charge in [0.15, 0.2) is 6.29 Å². The van der Waals surface area contributed by atoms with Gasteiger partial charge in [0.25, 0.3) is 0 Å². The number of hydrogen-bond donors (Lipinski definition) is 4. The van der Waals surface area contributed by atoms with Gasteiger partial charge in [0.2, 0.25) is 0 Å². The van der Waals surface area contributed by atoms with Gasteiger partial charge in [-0.2, -0.15) is 0 Å². The van der Waals surface area contributed by atoms with Crippen molar-refractivity contribution in [3.05, 3.63) is 11.6 Å². The van der Waals surface area contributed by atoms with Crippen molar-refractivity contribution in [3.63, 3.8) is 0 Å². The Morgan fingerprint density at radius 3 is 2.50 bits per heavy atom. The van der Waals surface area contributed by atoms with E-state index in [0.29, 0.717) is 31.3 Å². The van der Waals surface area contributed by atoms with Gasteiger partial charge >= 0.3 is 11.9 Å². The molecule has 1 heterocycles. The van der Waals surface area contributed by atoms with Crippen molar-refractivity contribution in [2.45, 2.75) is 75.8 Å².